The lowest BCUT2D eigenvalue weighted by atomic mass is 10.1. The molecule has 2 aromatic carbocycles. The Kier molecular flexibility index (Phi) is 8.73. The summed E-state index contributed by atoms with van der Waals surface area (Å²) in [7, 11) is -3.56. The van der Waals surface area contributed by atoms with Crippen molar-refractivity contribution < 1.29 is 13.2 Å². The van der Waals surface area contributed by atoms with Gasteiger partial charge >= 0.3 is 0 Å². The SMILES string of the molecule is O=C(NCc1ccc(S(=O)(=O)N2CCC(Nc3ccc(C4SCCS4)cc3)CC2)s1)c1ccc(Cl)cc1. The molecule has 3 heterocycles. The number of piperidine rings is 1. The molecule has 11 heteroatoms. The topological polar surface area (TPSA) is 78.5 Å². The molecule has 5 rings (SSSR count). The van der Waals surface area contributed by atoms with Crippen LogP contribution >= 0.6 is 46.5 Å². The number of nitrogens with one attached hydrogen (secondary N) is 2. The highest BCUT2D eigenvalue weighted by atomic mass is 35.5. The van der Waals surface area contributed by atoms with E-state index in [1.165, 1.54) is 28.4 Å². The summed E-state index contributed by atoms with van der Waals surface area (Å²) in [6.45, 7) is 1.23. The van der Waals surface area contributed by atoms with Gasteiger partial charge in [0, 0.05) is 51.8 Å². The molecule has 2 saturated heterocycles. The molecule has 37 heavy (non-hydrogen) atoms. The van der Waals surface area contributed by atoms with Gasteiger partial charge in [-0.25, -0.2) is 8.42 Å². The van der Waals surface area contributed by atoms with Gasteiger partial charge in [0.2, 0.25) is 0 Å². The maximum atomic E-state index is 13.2. The fraction of sp³-hybridized carbons (Fsp3) is 0.346. The lowest BCUT2D eigenvalue weighted by Crippen LogP contribution is -2.42. The van der Waals surface area contributed by atoms with E-state index in [1.54, 1.807) is 40.7 Å². The lowest BCUT2D eigenvalue weighted by molar-refractivity contribution is 0.0951. The molecule has 0 bridgehead atoms. The second-order valence-corrected chi connectivity index (χ2v) is 15.4. The number of rotatable bonds is 8. The molecule has 2 aliphatic rings. The molecule has 0 saturated carbocycles. The van der Waals surface area contributed by atoms with E-state index in [-0.39, 0.29) is 18.5 Å². The van der Waals surface area contributed by atoms with Gasteiger partial charge in [0.15, 0.2) is 0 Å². The fourth-order valence-electron chi connectivity index (χ4n) is 4.35. The number of amides is 1. The molecular weight excluding hydrogens is 566 g/mol. The van der Waals surface area contributed by atoms with Crippen LogP contribution in [0.3, 0.4) is 0 Å². The molecule has 0 spiro atoms. The number of sulfonamides is 1. The first-order valence-corrected chi connectivity index (χ1v) is 16.8. The normalized spacial score (nSPS) is 17.6. The van der Waals surface area contributed by atoms with Crippen molar-refractivity contribution in [2.45, 2.75) is 34.2 Å². The first kappa shape index (κ1) is 26.9. The molecule has 2 N–H and O–H groups in total. The van der Waals surface area contributed by atoms with Crippen molar-refractivity contribution in [3.8, 4) is 0 Å². The summed E-state index contributed by atoms with van der Waals surface area (Å²) in [5.74, 6) is 2.20. The molecular formula is C26H28ClN3O3S4. The second kappa shape index (κ2) is 12.0. The van der Waals surface area contributed by atoms with E-state index in [1.807, 2.05) is 23.5 Å². The molecule has 0 unspecified atom stereocenters. The van der Waals surface area contributed by atoms with Gasteiger partial charge in [0.1, 0.15) is 4.21 Å². The molecule has 6 nitrogen and oxygen atoms in total. The number of halogens is 1. The van der Waals surface area contributed by atoms with Gasteiger partial charge in [-0.2, -0.15) is 4.31 Å². The number of carbonyl (C=O) groups excluding carboxylic acids is 1. The Hall–Kier alpha value is -1.69. The summed E-state index contributed by atoms with van der Waals surface area (Å²) in [4.78, 5) is 13.1. The highest BCUT2D eigenvalue weighted by Gasteiger charge is 2.30. The van der Waals surface area contributed by atoms with E-state index in [0.717, 1.165) is 23.4 Å². The van der Waals surface area contributed by atoms with Crippen LogP contribution in [0.4, 0.5) is 5.69 Å². The number of hydrogen-bond donors (Lipinski definition) is 2. The molecule has 0 radical (unpaired) electrons. The molecule has 1 aromatic heterocycles. The zero-order chi connectivity index (χ0) is 25.8. The third-order valence-corrected chi connectivity index (χ3v) is 13.2. The van der Waals surface area contributed by atoms with Gasteiger partial charge in [-0.1, -0.05) is 23.7 Å². The van der Waals surface area contributed by atoms with Crippen LogP contribution in [0.5, 0.6) is 0 Å². The van der Waals surface area contributed by atoms with Crippen molar-refractivity contribution in [2.75, 3.05) is 29.9 Å². The van der Waals surface area contributed by atoms with Crippen molar-refractivity contribution in [1.82, 2.24) is 9.62 Å². The number of thioether (sulfide) groups is 2. The van der Waals surface area contributed by atoms with Gasteiger partial charge < -0.3 is 10.6 Å². The molecule has 0 aliphatic carbocycles. The van der Waals surface area contributed by atoms with Crippen LogP contribution < -0.4 is 10.6 Å². The Morgan fingerprint density at radius 2 is 1.62 bits per heavy atom. The van der Waals surface area contributed by atoms with E-state index in [9.17, 15) is 13.2 Å². The smallest absolute Gasteiger partial charge is 0.252 e. The molecule has 0 atom stereocenters. The van der Waals surface area contributed by atoms with Crippen LogP contribution in [-0.2, 0) is 16.6 Å². The maximum Gasteiger partial charge on any atom is 0.252 e. The van der Waals surface area contributed by atoms with Crippen LogP contribution in [0.25, 0.3) is 0 Å². The summed E-state index contributed by atoms with van der Waals surface area (Å²) in [5, 5.41) is 6.98. The third kappa shape index (κ3) is 6.66. The van der Waals surface area contributed by atoms with Crippen LogP contribution in [0, 0.1) is 0 Å². The van der Waals surface area contributed by atoms with E-state index in [2.05, 4.69) is 34.9 Å². The number of anilines is 1. The molecule has 3 aromatic rings. The Bertz CT molecular complexity index is 1320. The predicted molar refractivity (Wildman–Crippen MR) is 156 cm³/mol. The number of hydrogen-bond acceptors (Lipinski definition) is 7. The minimum Gasteiger partial charge on any atom is -0.382 e. The van der Waals surface area contributed by atoms with Gasteiger partial charge in [0.25, 0.3) is 15.9 Å². The molecule has 2 aliphatic heterocycles. The van der Waals surface area contributed by atoms with Gasteiger partial charge in [-0.05, 0) is 66.9 Å². The average molecular weight is 594 g/mol. The Balaban J connectivity index is 1.12. The van der Waals surface area contributed by atoms with Crippen LogP contribution in [0.15, 0.2) is 64.9 Å². The Morgan fingerprint density at radius 1 is 0.946 bits per heavy atom. The van der Waals surface area contributed by atoms with Crippen molar-refractivity contribution in [3.05, 3.63) is 81.7 Å². The number of carbonyl (C=O) groups is 1. The molecule has 1 amide bonds. The monoisotopic (exact) mass is 593 g/mol. The average Bonchev–Trinajstić information content (AvgIpc) is 3.62. The van der Waals surface area contributed by atoms with Crippen LogP contribution in [0.2, 0.25) is 5.02 Å². The highest BCUT2D eigenvalue weighted by molar-refractivity contribution is 8.19. The zero-order valence-electron chi connectivity index (χ0n) is 20.1. The first-order chi connectivity index (χ1) is 17.9. The molecule has 196 valence electrons. The third-order valence-electron chi connectivity index (χ3n) is 6.39. The van der Waals surface area contributed by atoms with E-state index in [4.69, 9.17) is 11.6 Å². The van der Waals surface area contributed by atoms with Gasteiger partial charge in [0.05, 0.1) is 11.1 Å². The summed E-state index contributed by atoms with van der Waals surface area (Å²) >= 11 is 11.1. The summed E-state index contributed by atoms with van der Waals surface area (Å²) in [5.41, 5.74) is 2.95. The minimum atomic E-state index is -3.56. The van der Waals surface area contributed by atoms with E-state index in [0.29, 0.717) is 32.5 Å². The van der Waals surface area contributed by atoms with Crippen LogP contribution in [0.1, 0.15) is 38.2 Å². The summed E-state index contributed by atoms with van der Waals surface area (Å²) in [6.07, 6.45) is 1.51. The Morgan fingerprint density at radius 3 is 2.30 bits per heavy atom. The van der Waals surface area contributed by atoms with E-state index >= 15 is 0 Å². The van der Waals surface area contributed by atoms with Crippen molar-refractivity contribution in [1.29, 1.82) is 0 Å². The van der Waals surface area contributed by atoms with Gasteiger partial charge in [-0.3, -0.25) is 4.79 Å². The number of thiophene rings is 1. The van der Waals surface area contributed by atoms with Crippen molar-refractivity contribution in [2.24, 2.45) is 0 Å². The second-order valence-electron chi connectivity index (χ2n) is 8.93. The zero-order valence-corrected chi connectivity index (χ0v) is 24.1. The maximum absolute atomic E-state index is 13.2. The van der Waals surface area contributed by atoms with Gasteiger partial charge in [-0.15, -0.1) is 34.9 Å². The number of nitrogens with zero attached hydrogens (tertiary/aromatic N) is 1. The first-order valence-electron chi connectivity index (χ1n) is 12.1. The largest absolute Gasteiger partial charge is 0.382 e. The molecule has 2 fully saturated rings. The van der Waals surface area contributed by atoms with E-state index < -0.39 is 10.0 Å². The Labute approximate surface area is 235 Å². The predicted octanol–water partition coefficient (Wildman–Crippen LogP) is 6.08. The standard InChI is InChI=1S/C26H28ClN3O3S4/c27-20-5-1-18(2-6-20)25(31)28-17-23-9-10-24(36-23)37(32,33)30-13-11-22(12-14-30)29-21-7-3-19(4-8-21)26-34-15-16-35-26/h1-10,22,26,29H,11-17H2,(H,28,31). The fourth-order valence-corrected chi connectivity index (χ4v) is 10.3. The minimum absolute atomic E-state index is 0.227. The van der Waals surface area contributed by atoms with Crippen molar-refractivity contribution in [3.63, 3.8) is 0 Å². The highest BCUT2D eigenvalue weighted by Crippen LogP contribution is 2.45. The quantitative estimate of drug-likeness (QED) is 0.330. The van der Waals surface area contributed by atoms with Crippen molar-refractivity contribution >= 4 is 68.1 Å². The summed E-state index contributed by atoms with van der Waals surface area (Å²) in [6, 6.07) is 19.0. The number of benzene rings is 2. The lowest BCUT2D eigenvalue weighted by Gasteiger charge is -2.31. The summed E-state index contributed by atoms with van der Waals surface area (Å²) < 4.78 is 28.9. The van der Waals surface area contributed by atoms with Crippen LogP contribution in [-0.4, -0.2) is 49.3 Å².